The fourth-order valence-electron chi connectivity index (χ4n) is 6.97. The van der Waals surface area contributed by atoms with E-state index in [9.17, 15) is 14.4 Å². The minimum absolute atomic E-state index is 0.0179. The van der Waals surface area contributed by atoms with Crippen LogP contribution in [0.1, 0.15) is 122 Å². The minimum atomic E-state index is -1.77. The van der Waals surface area contributed by atoms with Crippen molar-refractivity contribution in [2.75, 3.05) is 0 Å². The van der Waals surface area contributed by atoms with Gasteiger partial charge in [-0.1, -0.05) is 67.4 Å². The van der Waals surface area contributed by atoms with Crippen LogP contribution in [0.5, 0.6) is 0 Å². The number of allylic oxidation sites excluding steroid dienone is 10. The quantitative estimate of drug-likeness (QED) is 0.131. The van der Waals surface area contributed by atoms with Crippen LogP contribution in [0.25, 0.3) is 0 Å². The van der Waals surface area contributed by atoms with E-state index in [1.807, 2.05) is 74.5 Å². The zero-order chi connectivity index (χ0) is 32.2. The SMILES string of the molecule is CC(=O)OC1=C(CC=C(C)C)C(=O)[C@@]2(CC=C(C)C)C[C@H](CC=C(C)C)[C@@](C)(CCC=C(C)C)[C@]1(C(=O)C(C)C)C2=O. The van der Waals surface area contributed by atoms with E-state index in [0.717, 1.165) is 22.3 Å². The molecule has 5 nitrogen and oxygen atoms in total. The van der Waals surface area contributed by atoms with Gasteiger partial charge in [-0.15, -0.1) is 0 Å². The lowest BCUT2D eigenvalue weighted by Gasteiger charge is -2.61. The maximum absolute atomic E-state index is 15.3. The fourth-order valence-corrected chi connectivity index (χ4v) is 6.97. The normalized spacial score (nSPS) is 26.9. The summed E-state index contributed by atoms with van der Waals surface area (Å²) >= 11 is 0. The molecule has 4 atom stereocenters. The second-order valence-corrected chi connectivity index (χ2v) is 14.0. The summed E-state index contributed by atoms with van der Waals surface area (Å²) in [6.45, 7) is 22.9. The Morgan fingerprint density at radius 3 is 1.88 bits per heavy atom. The van der Waals surface area contributed by atoms with Crippen molar-refractivity contribution in [1.82, 2.24) is 0 Å². The number of fused-ring (bicyclic) bond motifs is 2. The average Bonchev–Trinajstić information content (AvgIpc) is 2.86. The van der Waals surface area contributed by atoms with Crippen LogP contribution in [0.2, 0.25) is 0 Å². The largest absolute Gasteiger partial charge is 0.429 e. The van der Waals surface area contributed by atoms with E-state index in [0.29, 0.717) is 25.7 Å². The summed E-state index contributed by atoms with van der Waals surface area (Å²) in [5, 5.41) is 0. The van der Waals surface area contributed by atoms with Crippen LogP contribution in [0.4, 0.5) is 0 Å². The van der Waals surface area contributed by atoms with Crippen LogP contribution < -0.4 is 0 Å². The molecule has 0 unspecified atom stereocenters. The standard InChI is InChI=1S/C37H54O5/c1-23(2)14-13-20-35(12)29(17-15-24(3)4)22-36(21-19-26(7)8)32(40)30(18-16-25(5)6)33(42-28(11)38)37(35,34(36)41)31(39)27(9)10/h14-16,19,27,29H,13,17-18,20-22H2,1-12H3/t29-,35+,36+,37-/m0/s1. The summed E-state index contributed by atoms with van der Waals surface area (Å²) in [5.74, 6) is -2.32. The van der Waals surface area contributed by atoms with Gasteiger partial charge in [-0.3, -0.25) is 19.2 Å². The molecule has 0 aliphatic heterocycles. The number of hydrogen-bond acceptors (Lipinski definition) is 5. The average molecular weight is 579 g/mol. The van der Waals surface area contributed by atoms with Gasteiger partial charge in [0.25, 0.3) is 0 Å². The highest BCUT2D eigenvalue weighted by Crippen LogP contribution is 2.68. The molecule has 0 amide bonds. The molecule has 2 rings (SSSR count). The highest BCUT2D eigenvalue weighted by Gasteiger charge is 2.76. The first kappa shape index (κ1) is 35.4. The first-order chi connectivity index (χ1) is 19.4. The van der Waals surface area contributed by atoms with Crippen molar-refractivity contribution in [1.29, 1.82) is 0 Å². The van der Waals surface area contributed by atoms with Gasteiger partial charge < -0.3 is 4.74 Å². The van der Waals surface area contributed by atoms with E-state index >= 15 is 4.79 Å². The Labute approximate surface area is 254 Å². The number of carbonyl (C=O) groups is 4. The van der Waals surface area contributed by atoms with Gasteiger partial charge in [-0.05, 0) is 105 Å². The Kier molecular flexibility index (Phi) is 11.5. The van der Waals surface area contributed by atoms with Gasteiger partial charge in [-0.2, -0.15) is 0 Å². The molecule has 2 aliphatic carbocycles. The fraction of sp³-hybridized carbons (Fsp3) is 0.622. The molecule has 0 aromatic rings. The van der Waals surface area contributed by atoms with E-state index in [-0.39, 0.29) is 47.4 Å². The lowest BCUT2D eigenvalue weighted by molar-refractivity contribution is -0.180. The van der Waals surface area contributed by atoms with Gasteiger partial charge >= 0.3 is 5.97 Å². The molecule has 0 heterocycles. The predicted octanol–water partition coefficient (Wildman–Crippen LogP) is 8.99. The van der Waals surface area contributed by atoms with Crippen molar-refractivity contribution in [2.45, 2.75) is 122 Å². The van der Waals surface area contributed by atoms with E-state index in [4.69, 9.17) is 4.74 Å². The monoisotopic (exact) mass is 578 g/mol. The van der Waals surface area contributed by atoms with E-state index < -0.39 is 28.1 Å². The maximum atomic E-state index is 15.3. The van der Waals surface area contributed by atoms with Crippen molar-refractivity contribution < 1.29 is 23.9 Å². The van der Waals surface area contributed by atoms with Crippen molar-refractivity contribution in [3.05, 3.63) is 57.9 Å². The summed E-state index contributed by atoms with van der Waals surface area (Å²) in [6.07, 6.45) is 10.8. The zero-order valence-electron chi connectivity index (χ0n) is 28.2. The molecule has 42 heavy (non-hydrogen) atoms. The molecule has 2 aliphatic rings. The molecule has 5 heteroatoms. The first-order valence-corrected chi connectivity index (χ1v) is 15.5. The van der Waals surface area contributed by atoms with Gasteiger partial charge in [0.1, 0.15) is 5.76 Å². The van der Waals surface area contributed by atoms with Crippen LogP contribution in [0, 0.1) is 28.1 Å². The second-order valence-electron chi connectivity index (χ2n) is 14.0. The first-order valence-electron chi connectivity index (χ1n) is 15.5. The molecule has 0 saturated heterocycles. The van der Waals surface area contributed by atoms with E-state index in [2.05, 4.69) is 12.2 Å². The Morgan fingerprint density at radius 2 is 1.40 bits per heavy atom. The lowest BCUT2D eigenvalue weighted by Crippen LogP contribution is -2.70. The van der Waals surface area contributed by atoms with Crippen LogP contribution in [-0.4, -0.2) is 23.3 Å². The van der Waals surface area contributed by atoms with Gasteiger partial charge in [-0.25, -0.2) is 0 Å². The smallest absolute Gasteiger partial charge is 0.307 e. The molecule has 2 bridgehead atoms. The summed E-state index contributed by atoms with van der Waals surface area (Å²) in [5.41, 5.74) is 0.497. The zero-order valence-corrected chi connectivity index (χ0v) is 28.2. The van der Waals surface area contributed by atoms with Crippen molar-refractivity contribution in [3.8, 4) is 0 Å². The highest BCUT2D eigenvalue weighted by molar-refractivity contribution is 6.28. The van der Waals surface area contributed by atoms with Gasteiger partial charge in [0, 0.05) is 18.4 Å². The maximum Gasteiger partial charge on any atom is 0.307 e. The molecule has 1 saturated carbocycles. The van der Waals surface area contributed by atoms with E-state index in [1.54, 1.807) is 13.8 Å². The number of hydrogen-bond donors (Lipinski definition) is 0. The topological polar surface area (TPSA) is 77.5 Å². The summed E-state index contributed by atoms with van der Waals surface area (Å²) in [7, 11) is 0. The Bertz CT molecular complexity index is 1250. The number of esters is 1. The van der Waals surface area contributed by atoms with Gasteiger partial charge in [0.05, 0.1) is 5.41 Å². The third kappa shape index (κ3) is 6.55. The number of rotatable bonds is 12. The molecule has 0 radical (unpaired) electrons. The second kappa shape index (κ2) is 13.7. The van der Waals surface area contributed by atoms with E-state index in [1.165, 1.54) is 6.92 Å². The van der Waals surface area contributed by atoms with Gasteiger partial charge in [0.15, 0.2) is 22.8 Å². The third-order valence-electron chi connectivity index (χ3n) is 9.19. The van der Waals surface area contributed by atoms with Crippen LogP contribution in [-0.2, 0) is 23.9 Å². The van der Waals surface area contributed by atoms with Crippen LogP contribution in [0.15, 0.2) is 57.9 Å². The molecule has 0 aromatic carbocycles. The number of ether oxygens (including phenoxy) is 1. The lowest BCUT2D eigenvalue weighted by atomic mass is 9.38. The Hall–Kier alpha value is -2.82. The summed E-state index contributed by atoms with van der Waals surface area (Å²) in [4.78, 5) is 57.8. The molecule has 232 valence electrons. The number of ketones is 3. The molecule has 0 aromatic heterocycles. The Morgan fingerprint density at radius 1 is 0.857 bits per heavy atom. The van der Waals surface area contributed by atoms with Gasteiger partial charge in [0.2, 0.25) is 0 Å². The minimum Gasteiger partial charge on any atom is -0.429 e. The molecular formula is C37H54O5. The highest BCUT2D eigenvalue weighted by atomic mass is 16.5. The number of carbonyl (C=O) groups excluding carboxylic acids is 4. The summed E-state index contributed by atoms with van der Waals surface area (Å²) < 4.78 is 6.01. The molecule has 0 N–H and O–H groups in total. The Balaban J connectivity index is 3.26. The molecule has 1 fully saturated rings. The third-order valence-corrected chi connectivity index (χ3v) is 9.19. The number of Topliss-reactive ketones (excluding diaryl/α,β-unsaturated/α-hetero) is 3. The van der Waals surface area contributed by atoms with Crippen molar-refractivity contribution >= 4 is 23.3 Å². The van der Waals surface area contributed by atoms with Crippen LogP contribution in [0.3, 0.4) is 0 Å². The predicted molar refractivity (Wildman–Crippen MR) is 171 cm³/mol. The van der Waals surface area contributed by atoms with Crippen LogP contribution >= 0.6 is 0 Å². The molecular weight excluding hydrogens is 524 g/mol. The van der Waals surface area contributed by atoms with Crippen molar-refractivity contribution in [3.63, 3.8) is 0 Å². The molecule has 0 spiro atoms. The van der Waals surface area contributed by atoms with Crippen molar-refractivity contribution in [2.24, 2.45) is 28.1 Å². The summed E-state index contributed by atoms with van der Waals surface area (Å²) in [6, 6.07) is 0.